The van der Waals surface area contributed by atoms with Gasteiger partial charge in [-0.2, -0.15) is 0 Å². The van der Waals surface area contributed by atoms with E-state index < -0.39 is 0 Å². The van der Waals surface area contributed by atoms with Crippen molar-refractivity contribution in [3.05, 3.63) is 12.4 Å². The second kappa shape index (κ2) is 2.26. The van der Waals surface area contributed by atoms with E-state index in [1.807, 2.05) is 0 Å². The van der Waals surface area contributed by atoms with E-state index in [1.165, 1.54) is 12.4 Å². The van der Waals surface area contributed by atoms with Crippen molar-refractivity contribution in [1.82, 2.24) is 10.3 Å². The Kier molecular flexibility index (Phi) is 1.26. The SMILES string of the molecule is Nc1oncc1-c1cnoc1N. The number of aromatic nitrogens is 2. The first-order valence-electron chi connectivity index (χ1n) is 3.19. The van der Waals surface area contributed by atoms with E-state index in [1.54, 1.807) is 0 Å². The van der Waals surface area contributed by atoms with E-state index in [0.29, 0.717) is 11.1 Å². The van der Waals surface area contributed by atoms with Crippen molar-refractivity contribution in [2.75, 3.05) is 11.5 Å². The molecule has 2 rings (SSSR count). The second-order valence-electron chi connectivity index (χ2n) is 2.21. The van der Waals surface area contributed by atoms with Gasteiger partial charge in [0.05, 0.1) is 23.5 Å². The maximum atomic E-state index is 5.45. The Labute approximate surface area is 67.1 Å². The molecule has 0 aliphatic heterocycles. The molecular weight excluding hydrogens is 160 g/mol. The molecule has 0 aliphatic rings. The van der Waals surface area contributed by atoms with E-state index in [9.17, 15) is 0 Å². The summed E-state index contributed by atoms with van der Waals surface area (Å²) < 4.78 is 9.29. The number of nitrogens with zero attached hydrogens (tertiary/aromatic N) is 2. The van der Waals surface area contributed by atoms with Gasteiger partial charge >= 0.3 is 0 Å². The van der Waals surface area contributed by atoms with Gasteiger partial charge in [0.25, 0.3) is 0 Å². The summed E-state index contributed by atoms with van der Waals surface area (Å²) in [6.45, 7) is 0. The van der Waals surface area contributed by atoms with Crippen LogP contribution in [-0.2, 0) is 0 Å². The summed E-state index contributed by atoms with van der Waals surface area (Å²) in [7, 11) is 0. The molecule has 0 aliphatic carbocycles. The van der Waals surface area contributed by atoms with E-state index in [-0.39, 0.29) is 11.8 Å². The zero-order valence-electron chi connectivity index (χ0n) is 6.02. The quantitative estimate of drug-likeness (QED) is 0.638. The fraction of sp³-hybridized carbons (Fsp3) is 0. The van der Waals surface area contributed by atoms with E-state index in [4.69, 9.17) is 11.5 Å². The third kappa shape index (κ3) is 0.815. The predicted octanol–water partition coefficient (Wildman–Crippen LogP) is 0.494. The van der Waals surface area contributed by atoms with Crippen LogP contribution in [0.15, 0.2) is 21.4 Å². The lowest BCUT2D eigenvalue weighted by atomic mass is 10.2. The van der Waals surface area contributed by atoms with Crippen molar-refractivity contribution in [3.63, 3.8) is 0 Å². The molecule has 0 atom stereocenters. The average Bonchev–Trinajstić information content (AvgIpc) is 2.59. The van der Waals surface area contributed by atoms with Crippen molar-refractivity contribution >= 4 is 11.8 Å². The van der Waals surface area contributed by atoms with Crippen LogP contribution < -0.4 is 11.5 Å². The largest absolute Gasteiger partial charge is 0.367 e. The highest BCUT2D eigenvalue weighted by Gasteiger charge is 2.12. The predicted molar refractivity (Wildman–Crippen MR) is 40.8 cm³/mol. The number of rotatable bonds is 1. The highest BCUT2D eigenvalue weighted by Crippen LogP contribution is 2.29. The molecular formula is C6H6N4O2. The molecule has 0 saturated carbocycles. The summed E-state index contributed by atoms with van der Waals surface area (Å²) in [5.74, 6) is 0.398. The lowest BCUT2D eigenvalue weighted by molar-refractivity contribution is 0.436. The Balaban J connectivity index is 2.57. The molecule has 2 aromatic rings. The first-order chi connectivity index (χ1) is 5.79. The van der Waals surface area contributed by atoms with Gasteiger partial charge in [0.15, 0.2) is 0 Å². The first kappa shape index (κ1) is 6.71. The maximum Gasteiger partial charge on any atom is 0.230 e. The summed E-state index contributed by atoms with van der Waals surface area (Å²) in [5.41, 5.74) is 12.1. The number of nitrogen functional groups attached to an aromatic ring is 2. The van der Waals surface area contributed by atoms with Gasteiger partial charge in [0, 0.05) is 0 Å². The molecule has 0 fully saturated rings. The van der Waals surface area contributed by atoms with Crippen LogP contribution in [0.5, 0.6) is 0 Å². The van der Waals surface area contributed by atoms with Gasteiger partial charge in [0.1, 0.15) is 0 Å². The topological polar surface area (TPSA) is 104 Å². The third-order valence-electron chi connectivity index (χ3n) is 1.49. The number of nitrogens with two attached hydrogens (primary N) is 2. The van der Waals surface area contributed by atoms with Crippen LogP contribution in [0.4, 0.5) is 11.8 Å². The van der Waals surface area contributed by atoms with E-state index in [0.717, 1.165) is 0 Å². The van der Waals surface area contributed by atoms with Crippen molar-refractivity contribution in [3.8, 4) is 11.1 Å². The Morgan fingerprint density at radius 3 is 1.58 bits per heavy atom. The van der Waals surface area contributed by atoms with Gasteiger partial charge in [-0.05, 0) is 0 Å². The Bertz CT molecular complexity index is 353. The lowest BCUT2D eigenvalue weighted by Crippen LogP contribution is -1.87. The van der Waals surface area contributed by atoms with Crippen LogP contribution >= 0.6 is 0 Å². The zero-order valence-corrected chi connectivity index (χ0v) is 6.02. The van der Waals surface area contributed by atoms with Crippen molar-refractivity contribution < 1.29 is 9.05 Å². The molecule has 0 unspecified atom stereocenters. The molecule has 0 spiro atoms. The van der Waals surface area contributed by atoms with Gasteiger partial charge in [0.2, 0.25) is 11.8 Å². The number of hydrogen-bond donors (Lipinski definition) is 2. The summed E-state index contributed by atoms with van der Waals surface area (Å²) in [5, 5.41) is 6.99. The lowest BCUT2D eigenvalue weighted by Gasteiger charge is -1.90. The molecule has 0 bridgehead atoms. The zero-order chi connectivity index (χ0) is 8.55. The summed E-state index contributed by atoms with van der Waals surface area (Å²) in [4.78, 5) is 0. The molecule has 12 heavy (non-hydrogen) atoms. The van der Waals surface area contributed by atoms with Crippen LogP contribution in [0.3, 0.4) is 0 Å². The third-order valence-corrected chi connectivity index (χ3v) is 1.49. The summed E-state index contributed by atoms with van der Waals surface area (Å²) >= 11 is 0. The minimum absolute atomic E-state index is 0.199. The minimum Gasteiger partial charge on any atom is -0.367 e. The second-order valence-corrected chi connectivity index (χ2v) is 2.21. The molecule has 0 aromatic carbocycles. The number of anilines is 2. The van der Waals surface area contributed by atoms with Crippen LogP contribution in [-0.4, -0.2) is 10.3 Å². The average molecular weight is 166 g/mol. The van der Waals surface area contributed by atoms with Gasteiger partial charge in [-0.3, -0.25) is 0 Å². The van der Waals surface area contributed by atoms with Crippen LogP contribution in [0.2, 0.25) is 0 Å². The highest BCUT2D eigenvalue weighted by atomic mass is 16.5. The number of hydrogen-bond acceptors (Lipinski definition) is 6. The molecule has 4 N–H and O–H groups in total. The first-order valence-corrected chi connectivity index (χ1v) is 3.19. The Morgan fingerprint density at radius 1 is 0.917 bits per heavy atom. The van der Waals surface area contributed by atoms with Crippen molar-refractivity contribution in [2.24, 2.45) is 0 Å². The molecule has 0 radical (unpaired) electrons. The van der Waals surface area contributed by atoms with E-state index in [2.05, 4.69) is 19.4 Å². The smallest absolute Gasteiger partial charge is 0.230 e. The maximum absolute atomic E-state index is 5.45. The van der Waals surface area contributed by atoms with Crippen LogP contribution in [0, 0.1) is 0 Å². The molecule has 6 heteroatoms. The molecule has 2 aromatic heterocycles. The normalized spacial score (nSPS) is 10.3. The Hall–Kier alpha value is -1.98. The molecule has 62 valence electrons. The van der Waals surface area contributed by atoms with Gasteiger partial charge in [-0.25, -0.2) is 0 Å². The fourth-order valence-corrected chi connectivity index (χ4v) is 0.902. The van der Waals surface area contributed by atoms with Gasteiger partial charge < -0.3 is 20.5 Å². The minimum atomic E-state index is 0.199. The van der Waals surface area contributed by atoms with Crippen LogP contribution in [0.1, 0.15) is 0 Å². The molecule has 0 amide bonds. The molecule has 0 saturated heterocycles. The standard InChI is InChI=1S/C6H6N4O2/c7-5-3(1-9-11-5)4-2-10-12-6(4)8/h1-2H,7-8H2. The summed E-state index contributed by atoms with van der Waals surface area (Å²) in [6, 6.07) is 0. The molecule has 2 heterocycles. The monoisotopic (exact) mass is 166 g/mol. The highest BCUT2D eigenvalue weighted by molar-refractivity contribution is 5.77. The summed E-state index contributed by atoms with van der Waals surface area (Å²) in [6.07, 6.45) is 2.91. The molecule has 6 nitrogen and oxygen atoms in total. The fourth-order valence-electron chi connectivity index (χ4n) is 0.902. The Morgan fingerprint density at radius 2 is 1.33 bits per heavy atom. The van der Waals surface area contributed by atoms with Crippen molar-refractivity contribution in [2.45, 2.75) is 0 Å². The van der Waals surface area contributed by atoms with Crippen LogP contribution in [0.25, 0.3) is 11.1 Å². The van der Waals surface area contributed by atoms with Crippen molar-refractivity contribution in [1.29, 1.82) is 0 Å². The van der Waals surface area contributed by atoms with E-state index >= 15 is 0 Å². The van der Waals surface area contributed by atoms with Gasteiger partial charge in [-0.15, -0.1) is 0 Å². The van der Waals surface area contributed by atoms with Gasteiger partial charge in [-0.1, -0.05) is 10.3 Å².